The number of esters is 2. The Hall–Kier alpha value is -7.75. The number of halogens is 11. The number of carboxylic acid groups (broad SMARTS) is 2. The minimum atomic E-state index is -3.22. The first-order valence-electron chi connectivity index (χ1n) is 34.1. The van der Waals surface area contributed by atoms with Gasteiger partial charge < -0.3 is 51.7 Å². The average molecular weight is 1970 g/mol. The number of aldehydes is 1. The molecule has 0 spiro atoms. The molecule has 643 valence electrons. The molecule has 0 unspecified atom stereocenters. The summed E-state index contributed by atoms with van der Waals surface area (Å²) >= 11 is 59.7. The van der Waals surface area contributed by atoms with Gasteiger partial charge >= 0.3 is 104 Å². The predicted octanol–water partition coefficient (Wildman–Crippen LogP) is 11.7. The van der Waals surface area contributed by atoms with Crippen LogP contribution in [-0.4, -0.2) is 164 Å². The van der Waals surface area contributed by atoms with Crippen molar-refractivity contribution in [1.29, 1.82) is 0 Å². The van der Waals surface area contributed by atoms with E-state index >= 15 is 0 Å². The maximum absolute atomic E-state index is 12.3. The van der Waals surface area contributed by atoms with E-state index in [1.54, 1.807) is 104 Å². The number of ether oxygens (including phenoxy) is 2. The number of aliphatic hydroxyl groups excluding tert-OH is 1. The molecule has 31 nitrogen and oxygen atoms in total. The second kappa shape index (κ2) is 59.3. The minimum absolute atomic E-state index is 0. The van der Waals surface area contributed by atoms with Crippen LogP contribution in [0.2, 0.25) is 35.2 Å². The zero-order chi connectivity index (χ0) is 91.1. The summed E-state index contributed by atoms with van der Waals surface area (Å²) in [7, 11) is 0. The molecule has 2 aliphatic heterocycles. The molecule has 124 heavy (non-hydrogen) atoms. The van der Waals surface area contributed by atoms with Gasteiger partial charge in [0, 0.05) is 108 Å². The number of carboxylic acids is 1. The van der Waals surface area contributed by atoms with Gasteiger partial charge in [0.15, 0.2) is 40.3 Å². The Morgan fingerprint density at radius 3 is 1.23 bits per heavy atom. The van der Waals surface area contributed by atoms with Crippen molar-refractivity contribution in [1.82, 2.24) is 44.2 Å². The number of nitrogens with two attached hydrogens (primary N) is 1. The molecule has 3 radical (unpaired) electrons. The summed E-state index contributed by atoms with van der Waals surface area (Å²) in [5.41, 5.74) is 12.0. The molecule has 5 N–H and O–H groups in total. The Bertz CT molecular complexity index is 5300. The van der Waals surface area contributed by atoms with Crippen molar-refractivity contribution in [3.63, 3.8) is 0 Å². The van der Waals surface area contributed by atoms with E-state index in [0.717, 1.165) is 16.7 Å². The topological polar surface area (TPSA) is 473 Å². The fourth-order valence-corrected chi connectivity index (χ4v) is 11.0. The fourth-order valence-electron chi connectivity index (χ4n) is 9.25. The molecule has 0 saturated carbocycles. The maximum Gasteiger partial charge on any atom is 1.00 e. The molecule has 8 aromatic heterocycles. The van der Waals surface area contributed by atoms with Crippen molar-refractivity contribution in [2.75, 3.05) is 13.2 Å². The molecule has 0 bridgehead atoms. The van der Waals surface area contributed by atoms with E-state index < -0.39 is 34.9 Å². The van der Waals surface area contributed by atoms with Gasteiger partial charge in [0.05, 0.1) is 102 Å². The summed E-state index contributed by atoms with van der Waals surface area (Å²) < 4.78 is 20.8. The molecule has 0 fully saturated rings. The maximum atomic E-state index is 12.3. The molecule has 0 saturated heterocycles. The number of aromatic nitrogens is 8. The van der Waals surface area contributed by atoms with Gasteiger partial charge in [-0.25, -0.2) is 49.3 Å². The predicted molar refractivity (Wildman–Crippen MR) is 462 cm³/mol. The van der Waals surface area contributed by atoms with Crippen molar-refractivity contribution in [3.05, 3.63) is 283 Å². The number of aliphatic hydroxyl groups is 1. The summed E-state index contributed by atoms with van der Waals surface area (Å²) in [6.07, 6.45) is 4.99. The number of hydrogen-bond donors (Lipinski definition) is 4. The van der Waals surface area contributed by atoms with Crippen LogP contribution in [0.4, 0.5) is 0 Å². The van der Waals surface area contributed by atoms with Crippen molar-refractivity contribution in [3.8, 4) is 0 Å². The molecule has 10 heterocycles. The number of aryl methyl sites for hydroxylation is 1. The van der Waals surface area contributed by atoms with Gasteiger partial charge in [-0.3, -0.25) is 52.2 Å². The summed E-state index contributed by atoms with van der Waals surface area (Å²) in [5.74, 6) is -4.43. The molecule has 2 aromatic carbocycles. The van der Waals surface area contributed by atoms with E-state index in [4.69, 9.17) is 128 Å². The van der Waals surface area contributed by atoms with Crippen molar-refractivity contribution in [2.45, 2.75) is 86.9 Å². The van der Waals surface area contributed by atoms with E-state index in [0.29, 0.717) is 117 Å². The molecular weight excluding hydrogens is 1900 g/mol. The van der Waals surface area contributed by atoms with Crippen LogP contribution in [-0.2, 0) is 55.6 Å². The van der Waals surface area contributed by atoms with Gasteiger partial charge in [0.2, 0.25) is 0 Å². The summed E-state index contributed by atoms with van der Waals surface area (Å²) in [4.78, 5) is 182. The van der Waals surface area contributed by atoms with Gasteiger partial charge in [0.25, 0.3) is 18.3 Å². The minimum Gasteiger partial charge on any atom is -1.00 e. The zero-order valence-corrected chi connectivity index (χ0v) is 81.0. The van der Waals surface area contributed by atoms with Gasteiger partial charge in [-0.2, -0.15) is 0 Å². The Morgan fingerprint density at radius 2 is 0.855 bits per heavy atom. The molecule has 4 amide bonds. The number of imide groups is 2. The first-order valence-corrected chi connectivity index (χ1v) is 41.7. The Kier molecular flexibility index (Phi) is 55.6. The Labute approximate surface area is 831 Å². The number of nitrogens with zero attached hydrogens (tertiary/aromatic N) is 10. The second-order valence-electron chi connectivity index (χ2n) is 23.4. The molecule has 10 aromatic rings. The number of carbonyl (C=O) groups is 14. The van der Waals surface area contributed by atoms with E-state index in [-0.39, 0.29) is 204 Å². The van der Waals surface area contributed by atoms with Crippen LogP contribution >= 0.6 is 132 Å². The van der Waals surface area contributed by atoms with Crippen LogP contribution in [0, 0.1) is 0 Å². The first kappa shape index (κ1) is 116. The number of amides is 4. The number of hydrogen-bond acceptors (Lipinski definition) is 26. The van der Waals surface area contributed by atoms with Crippen molar-refractivity contribution in [2.24, 2.45) is 5.73 Å². The van der Waals surface area contributed by atoms with Gasteiger partial charge in [-0.1, -0.05) is 118 Å². The van der Waals surface area contributed by atoms with Gasteiger partial charge in [-0.15, -0.1) is 11.6 Å². The standard InChI is InChI=1S/C16H11ClN2O3.C11H12ClNO4.C10H10ClNO2.C9H7ClN2O.C8H9ClN2O.C8H8ClNO2.C8H5NO2.C7H5Cl2NO2.CH2O2.B.Cl3OP.K.Na.H/c1-9(20)14-7-10(17)6-11(18-14)8-19-15(21)12-4-2-3-5-13(12)16(19)22;1-3-16-10(14)8-5-7(12)6-9(13-8)11(15)17-4-2;1-7(14)10-6-8(11)5-9(12-10)3-2-4-13;1-6(13)9-3-7(10)2-8-4-11-5-12(8)9;1-5(12)8-3-6(9)2-7(4-10)11-8;1-5(12)8-3-6(9)2-7(4-11)10-8;10-7-5-3-1-2-4-6(5)8(11)9-7;8-3-5-1-4(9)2-6(10-5)7(11)12;2-1-3;;1-5(2,3)4;;;/h2-7H,8H2,1H3;5-6H,3-4H2,1-2H3;4-6H,2-3H2,1H3;2-5H,1H3;2-3H,4,10H2,1H3;2-3,11H,4H2,1H3;1-4H,(H,9,10,11);1-2H,3H2,(H,11,12);1H,(H,2,3);;;;;/q;;;;;;;;;;;2*+1;-1/p-1. The number of alkyl halides is 1. The number of carbonyl (C=O) groups excluding carboxylic acids is 12. The van der Waals surface area contributed by atoms with Crippen LogP contribution in [0.1, 0.15) is 210 Å². The Balaban J connectivity index is 0. The number of ketones is 5. The van der Waals surface area contributed by atoms with Crippen LogP contribution in [0.3, 0.4) is 0 Å². The largest absolute Gasteiger partial charge is 1.00 e. The van der Waals surface area contributed by atoms with Crippen LogP contribution in [0.5, 0.6) is 0 Å². The number of fused-ring (bicyclic) bond motifs is 3. The molecular formula is C78H69BCl11KN11NaO20P. The van der Waals surface area contributed by atoms with E-state index in [9.17, 15) is 66.9 Å². The summed E-state index contributed by atoms with van der Waals surface area (Å²) in [6.45, 7) is 10.8. The second-order valence-corrected chi connectivity index (χ2v) is 33.3. The van der Waals surface area contributed by atoms with E-state index in [2.05, 4.69) is 73.9 Å². The number of benzene rings is 2. The quantitative estimate of drug-likeness (QED) is 0.0118. The smallest absolute Gasteiger partial charge is 1.00 e. The average Bonchev–Trinajstić information content (AvgIpc) is 1.64. The summed E-state index contributed by atoms with van der Waals surface area (Å²) in [6, 6.07) is 34.5. The van der Waals surface area contributed by atoms with Gasteiger partial charge in [-0.05, 0) is 151 Å². The number of rotatable bonds is 18. The third kappa shape index (κ3) is 41.3. The van der Waals surface area contributed by atoms with Crippen LogP contribution in [0.15, 0.2) is 146 Å². The molecule has 2 aliphatic rings. The zero-order valence-electron chi connectivity index (χ0n) is 67.7. The molecule has 0 aliphatic carbocycles. The number of pyridine rings is 7. The normalized spacial score (nSPS) is 10.7. The Morgan fingerprint density at radius 1 is 0.516 bits per heavy atom. The summed E-state index contributed by atoms with van der Waals surface area (Å²) in [5, 5.41) is 27.1. The number of Topliss-reactive ketones (excluding diaryl/α,β-unsaturated/α-hetero) is 5. The third-order valence-corrected chi connectivity index (χ3v) is 16.1. The van der Waals surface area contributed by atoms with E-state index in [1.807, 2.05) is 0 Å². The number of imidazole rings is 1. The molecule has 12 rings (SSSR count). The SMILES string of the molecule is CC(=O)c1cc(Cl)cc(CCC=O)n1.CC(=O)c1cc(Cl)cc(CN)n1.CC(=O)c1cc(Cl)cc(CN2C(=O)c3ccccc3C2=O)n1.CC(=O)c1cc(Cl)cc(CO)n1.CC(=O)c1cc(Cl)cc2cncn12.CCOC(=O)c1cc(Cl)cc(C(=O)OCC)n1.O=C(O)c1cc(Cl)cc(CCl)n1.O=C1[N-]C(=O)c2ccccc21.O=CO.O=P(Cl)(Cl)Cl.[B].[H-].[K+].[Na+]. The number of aromatic carboxylic acids is 1. The van der Waals surface area contributed by atoms with Crippen LogP contribution < -0.4 is 86.7 Å². The van der Waals surface area contributed by atoms with Crippen molar-refractivity contribution < 1.29 is 179 Å². The molecule has 0 atom stereocenters. The molecule has 46 heteroatoms. The van der Waals surface area contributed by atoms with E-state index in [1.165, 1.54) is 95.3 Å². The van der Waals surface area contributed by atoms with Gasteiger partial charge in [0.1, 0.15) is 34.8 Å². The first-order chi connectivity index (χ1) is 57.0. The monoisotopic (exact) mass is 1970 g/mol. The van der Waals surface area contributed by atoms with Crippen molar-refractivity contribution >= 4 is 229 Å². The third-order valence-electron chi connectivity index (χ3n) is 14.3. The van der Waals surface area contributed by atoms with Crippen LogP contribution in [0.25, 0.3) is 10.8 Å². The fraction of sp³-hybridized carbons (Fsp3) is 0.192.